The van der Waals surface area contributed by atoms with E-state index in [0.717, 1.165) is 31.2 Å². The summed E-state index contributed by atoms with van der Waals surface area (Å²) >= 11 is 0. The number of nitrogens with zero attached hydrogens (tertiary/aromatic N) is 7. The average Bonchev–Trinajstić information content (AvgIpc) is 3.42. The maximum Gasteiger partial charge on any atom is 0.421 e. The van der Waals surface area contributed by atoms with Crippen LogP contribution in [0.1, 0.15) is 42.6 Å². The van der Waals surface area contributed by atoms with Gasteiger partial charge < -0.3 is 10.6 Å². The molecule has 1 saturated carbocycles. The Kier molecular flexibility index (Phi) is 4.84. The molecule has 0 amide bonds. The summed E-state index contributed by atoms with van der Waals surface area (Å²) in [6.45, 7) is 1.90. The minimum absolute atomic E-state index is 0.0666. The zero-order valence-corrected chi connectivity index (χ0v) is 15.8. The van der Waals surface area contributed by atoms with E-state index in [0.29, 0.717) is 5.69 Å². The van der Waals surface area contributed by atoms with Crippen LogP contribution in [0.5, 0.6) is 0 Å². The molecule has 2 atom stereocenters. The van der Waals surface area contributed by atoms with Crippen LogP contribution in [0.3, 0.4) is 0 Å². The SMILES string of the molecule is CNc1nc(Nc2cnn([C@@H]3CCC(n4ccnn4)C3)c2C)ncc1C(F)(F)F. The maximum absolute atomic E-state index is 13.0. The highest BCUT2D eigenvalue weighted by Crippen LogP contribution is 2.38. The Morgan fingerprint density at radius 1 is 1.17 bits per heavy atom. The van der Waals surface area contributed by atoms with Crippen LogP contribution >= 0.6 is 0 Å². The molecule has 0 aliphatic heterocycles. The third-order valence-corrected chi connectivity index (χ3v) is 5.16. The van der Waals surface area contributed by atoms with Crippen LogP contribution in [0, 0.1) is 6.92 Å². The molecule has 3 aromatic heterocycles. The second-order valence-electron chi connectivity index (χ2n) is 6.92. The molecule has 9 nitrogen and oxygen atoms in total. The van der Waals surface area contributed by atoms with E-state index < -0.39 is 11.7 Å². The molecular formula is C17H20F3N9. The Morgan fingerprint density at radius 2 is 1.97 bits per heavy atom. The van der Waals surface area contributed by atoms with Crippen LogP contribution in [-0.2, 0) is 6.18 Å². The minimum Gasteiger partial charge on any atom is -0.372 e. The first-order valence-corrected chi connectivity index (χ1v) is 9.15. The summed E-state index contributed by atoms with van der Waals surface area (Å²) in [6.07, 6.45) is 4.21. The van der Waals surface area contributed by atoms with Crippen LogP contribution in [-0.4, -0.2) is 41.8 Å². The molecule has 12 heteroatoms. The number of hydrogen-bond donors (Lipinski definition) is 2. The van der Waals surface area contributed by atoms with Crippen molar-refractivity contribution in [3.8, 4) is 0 Å². The van der Waals surface area contributed by atoms with Crippen LogP contribution < -0.4 is 10.6 Å². The molecule has 4 rings (SSSR count). The molecule has 0 bridgehead atoms. The van der Waals surface area contributed by atoms with Gasteiger partial charge in [-0.1, -0.05) is 5.21 Å². The lowest BCUT2D eigenvalue weighted by Gasteiger charge is -2.15. The van der Waals surface area contributed by atoms with Gasteiger partial charge in [0.15, 0.2) is 0 Å². The normalized spacial score (nSPS) is 19.5. The van der Waals surface area contributed by atoms with Gasteiger partial charge in [0.1, 0.15) is 11.4 Å². The van der Waals surface area contributed by atoms with Gasteiger partial charge >= 0.3 is 6.18 Å². The Hall–Kier alpha value is -3.18. The van der Waals surface area contributed by atoms with Crippen molar-refractivity contribution in [3.63, 3.8) is 0 Å². The van der Waals surface area contributed by atoms with E-state index in [1.807, 2.05) is 22.5 Å². The molecule has 0 spiro atoms. The number of rotatable bonds is 5. The fraction of sp³-hybridized carbons (Fsp3) is 0.471. The summed E-state index contributed by atoms with van der Waals surface area (Å²) in [7, 11) is 1.39. The molecular weight excluding hydrogens is 387 g/mol. The maximum atomic E-state index is 13.0. The Balaban J connectivity index is 1.51. The molecule has 3 heterocycles. The van der Waals surface area contributed by atoms with E-state index in [9.17, 15) is 13.2 Å². The average molecular weight is 407 g/mol. The fourth-order valence-corrected chi connectivity index (χ4v) is 3.68. The summed E-state index contributed by atoms with van der Waals surface area (Å²) in [5, 5.41) is 17.8. The van der Waals surface area contributed by atoms with E-state index in [-0.39, 0.29) is 23.8 Å². The first-order chi connectivity index (χ1) is 13.9. The van der Waals surface area contributed by atoms with Gasteiger partial charge in [-0.2, -0.15) is 23.3 Å². The lowest BCUT2D eigenvalue weighted by Crippen LogP contribution is -2.13. The third kappa shape index (κ3) is 3.74. The second kappa shape index (κ2) is 7.33. The topological polar surface area (TPSA) is 98.4 Å². The molecule has 154 valence electrons. The van der Waals surface area contributed by atoms with Crippen molar-refractivity contribution < 1.29 is 13.2 Å². The van der Waals surface area contributed by atoms with Crippen molar-refractivity contribution in [3.05, 3.63) is 36.0 Å². The zero-order chi connectivity index (χ0) is 20.6. The first kappa shape index (κ1) is 19.2. The summed E-state index contributed by atoms with van der Waals surface area (Å²) in [4.78, 5) is 7.74. The standard InChI is InChI=1S/C17H20F3N9/c1-10-14(25-16-22-8-13(17(18,19)20)15(21-2)26-16)9-24-29(10)12-4-3-11(7-12)28-6-5-23-27-28/h5-6,8-9,11-12H,3-4,7H2,1-2H3,(H2,21,22,25,26)/t11?,12-/m1/s1. The predicted octanol–water partition coefficient (Wildman–Crippen LogP) is 3.34. The van der Waals surface area contributed by atoms with Gasteiger partial charge in [0, 0.05) is 19.4 Å². The van der Waals surface area contributed by atoms with Gasteiger partial charge in [0.25, 0.3) is 0 Å². The molecule has 0 radical (unpaired) electrons. The van der Waals surface area contributed by atoms with E-state index in [2.05, 4.69) is 36.0 Å². The number of anilines is 3. The summed E-state index contributed by atoms with van der Waals surface area (Å²) < 4.78 is 42.8. The largest absolute Gasteiger partial charge is 0.421 e. The van der Waals surface area contributed by atoms with E-state index in [1.165, 1.54) is 7.05 Å². The van der Waals surface area contributed by atoms with Crippen LogP contribution in [0.25, 0.3) is 0 Å². The third-order valence-electron chi connectivity index (χ3n) is 5.16. The lowest BCUT2D eigenvalue weighted by atomic mass is 10.2. The summed E-state index contributed by atoms with van der Waals surface area (Å²) in [5.41, 5.74) is 0.600. The minimum atomic E-state index is -4.53. The molecule has 1 unspecified atom stereocenters. The fourth-order valence-electron chi connectivity index (χ4n) is 3.68. The van der Waals surface area contributed by atoms with E-state index in [1.54, 1.807) is 12.4 Å². The van der Waals surface area contributed by atoms with Crippen molar-refractivity contribution in [2.45, 2.75) is 44.4 Å². The quantitative estimate of drug-likeness (QED) is 0.669. The lowest BCUT2D eigenvalue weighted by molar-refractivity contribution is -0.137. The first-order valence-electron chi connectivity index (χ1n) is 9.15. The van der Waals surface area contributed by atoms with Crippen LogP contribution in [0.15, 0.2) is 24.8 Å². The highest BCUT2D eigenvalue weighted by Gasteiger charge is 2.35. The number of nitrogens with one attached hydrogen (secondary N) is 2. The van der Waals surface area contributed by atoms with Crippen molar-refractivity contribution in [1.82, 2.24) is 34.7 Å². The monoisotopic (exact) mass is 407 g/mol. The predicted molar refractivity (Wildman–Crippen MR) is 98.8 cm³/mol. The number of hydrogen-bond acceptors (Lipinski definition) is 7. The van der Waals surface area contributed by atoms with Crippen molar-refractivity contribution in [1.29, 1.82) is 0 Å². The number of alkyl halides is 3. The zero-order valence-electron chi connectivity index (χ0n) is 15.8. The van der Waals surface area contributed by atoms with Crippen LogP contribution in [0.4, 0.5) is 30.6 Å². The summed E-state index contributed by atoms with van der Waals surface area (Å²) in [6, 6.07) is 0.486. The molecule has 3 aromatic rings. The highest BCUT2D eigenvalue weighted by molar-refractivity contribution is 5.58. The van der Waals surface area contributed by atoms with Crippen LogP contribution in [0.2, 0.25) is 0 Å². The molecule has 1 fully saturated rings. The molecule has 1 aliphatic rings. The molecule has 0 saturated heterocycles. The molecule has 2 N–H and O–H groups in total. The van der Waals surface area contributed by atoms with Gasteiger partial charge in [0.05, 0.1) is 35.9 Å². The number of halogens is 3. The van der Waals surface area contributed by atoms with Gasteiger partial charge in [-0.05, 0) is 26.2 Å². The molecule has 29 heavy (non-hydrogen) atoms. The number of aromatic nitrogens is 7. The van der Waals surface area contributed by atoms with Crippen molar-refractivity contribution in [2.75, 3.05) is 17.7 Å². The van der Waals surface area contributed by atoms with Gasteiger partial charge in [0.2, 0.25) is 5.95 Å². The highest BCUT2D eigenvalue weighted by atomic mass is 19.4. The summed E-state index contributed by atoms with van der Waals surface area (Å²) in [5.74, 6) is -0.219. The smallest absolute Gasteiger partial charge is 0.372 e. The van der Waals surface area contributed by atoms with E-state index >= 15 is 0 Å². The Labute approximate surface area is 164 Å². The second-order valence-corrected chi connectivity index (χ2v) is 6.92. The van der Waals surface area contributed by atoms with Gasteiger partial charge in [-0.15, -0.1) is 5.10 Å². The Morgan fingerprint density at radius 3 is 2.66 bits per heavy atom. The molecule has 1 aliphatic carbocycles. The molecule has 0 aromatic carbocycles. The van der Waals surface area contributed by atoms with Crippen molar-refractivity contribution in [2.24, 2.45) is 0 Å². The van der Waals surface area contributed by atoms with Gasteiger partial charge in [-0.25, -0.2) is 9.67 Å². The van der Waals surface area contributed by atoms with Gasteiger partial charge in [-0.3, -0.25) is 4.68 Å². The van der Waals surface area contributed by atoms with Crippen molar-refractivity contribution >= 4 is 17.5 Å². The Bertz CT molecular complexity index is 981. The van der Waals surface area contributed by atoms with E-state index in [4.69, 9.17) is 0 Å².